The Balaban J connectivity index is 2.95. The van der Waals surface area contributed by atoms with Crippen molar-refractivity contribution in [1.29, 1.82) is 0 Å². The summed E-state index contributed by atoms with van der Waals surface area (Å²) >= 11 is 0. The van der Waals surface area contributed by atoms with E-state index in [-0.39, 0.29) is 0 Å². The van der Waals surface area contributed by atoms with E-state index < -0.39 is 0 Å². The molecule has 50 valence electrons. The van der Waals surface area contributed by atoms with Crippen LogP contribution in [0.15, 0.2) is 18.6 Å². The van der Waals surface area contributed by atoms with Crippen LogP contribution in [0.25, 0.3) is 10.9 Å². The van der Waals surface area contributed by atoms with Gasteiger partial charge >= 0.3 is 0 Å². The summed E-state index contributed by atoms with van der Waals surface area (Å²) in [6.45, 7) is 0. The predicted octanol–water partition coefficient (Wildman–Crippen LogP) is 0.540. The summed E-state index contributed by atoms with van der Waals surface area (Å²) in [5.74, 6) is 0. The van der Waals surface area contributed by atoms with Crippen molar-refractivity contribution in [1.82, 2.24) is 15.2 Å². The van der Waals surface area contributed by atoms with Gasteiger partial charge in [-0.2, -0.15) is 5.10 Å². The van der Waals surface area contributed by atoms with E-state index in [0.717, 1.165) is 10.9 Å². The number of anilines is 1. The molecular weight excluding hydrogens is 128 g/mol. The lowest BCUT2D eigenvalue weighted by atomic mass is 10.3. The fraction of sp³-hybridized carbons (Fsp3) is 0. The van der Waals surface area contributed by atoms with Crippen molar-refractivity contribution in [3.63, 3.8) is 0 Å². The largest absolute Gasteiger partial charge is 0.397 e. The lowest BCUT2D eigenvalue weighted by molar-refractivity contribution is 1.11. The number of hydrogen-bond donors (Lipinski definition) is 2. The van der Waals surface area contributed by atoms with Gasteiger partial charge < -0.3 is 5.73 Å². The molecule has 0 fully saturated rings. The number of rotatable bonds is 0. The van der Waals surface area contributed by atoms with E-state index in [1.807, 2.05) is 0 Å². The summed E-state index contributed by atoms with van der Waals surface area (Å²) in [5.41, 5.74) is 7.11. The summed E-state index contributed by atoms with van der Waals surface area (Å²) < 4.78 is 0. The number of nitrogens with zero attached hydrogens (tertiary/aromatic N) is 2. The van der Waals surface area contributed by atoms with Gasteiger partial charge in [0.15, 0.2) is 0 Å². The van der Waals surface area contributed by atoms with Crippen LogP contribution in [0.5, 0.6) is 0 Å². The van der Waals surface area contributed by atoms with Gasteiger partial charge in [-0.1, -0.05) is 0 Å². The highest BCUT2D eigenvalue weighted by Crippen LogP contribution is 2.14. The molecule has 4 nitrogen and oxygen atoms in total. The highest BCUT2D eigenvalue weighted by atomic mass is 15.1. The quantitative estimate of drug-likeness (QED) is 0.552. The number of hydrogen-bond acceptors (Lipinski definition) is 3. The van der Waals surface area contributed by atoms with Crippen LogP contribution < -0.4 is 5.73 Å². The molecule has 4 heteroatoms. The van der Waals surface area contributed by atoms with Gasteiger partial charge in [0.05, 0.1) is 29.8 Å². The number of nitrogens with one attached hydrogen (secondary N) is 1. The molecule has 0 bridgehead atoms. The summed E-state index contributed by atoms with van der Waals surface area (Å²) in [4.78, 5) is 3.89. The van der Waals surface area contributed by atoms with Crippen LogP contribution in [0.2, 0.25) is 0 Å². The zero-order valence-corrected chi connectivity index (χ0v) is 5.20. The Kier molecular flexibility index (Phi) is 0.887. The highest BCUT2D eigenvalue weighted by Gasteiger charge is 1.96. The van der Waals surface area contributed by atoms with Gasteiger partial charge in [0.2, 0.25) is 0 Å². The van der Waals surface area contributed by atoms with Crippen LogP contribution in [0.3, 0.4) is 0 Å². The van der Waals surface area contributed by atoms with Gasteiger partial charge in [-0.25, -0.2) is 0 Å². The minimum absolute atomic E-state index is 0.659. The second kappa shape index (κ2) is 1.70. The molecule has 0 saturated carbocycles. The van der Waals surface area contributed by atoms with Crippen LogP contribution in [-0.2, 0) is 0 Å². The first-order chi connectivity index (χ1) is 4.88. The lowest BCUT2D eigenvalue weighted by Crippen LogP contribution is -1.85. The number of aromatic amines is 1. The zero-order valence-electron chi connectivity index (χ0n) is 5.20. The van der Waals surface area contributed by atoms with Crippen molar-refractivity contribution < 1.29 is 0 Å². The Morgan fingerprint density at radius 1 is 1.30 bits per heavy atom. The van der Waals surface area contributed by atoms with Crippen molar-refractivity contribution in [2.75, 3.05) is 5.73 Å². The molecule has 0 aromatic carbocycles. The molecule has 0 atom stereocenters. The van der Waals surface area contributed by atoms with Gasteiger partial charge in [-0.05, 0) is 0 Å². The molecule has 0 saturated heterocycles. The Bertz CT molecular complexity index is 351. The summed E-state index contributed by atoms with van der Waals surface area (Å²) in [6, 6.07) is 0. The second-order valence-corrected chi connectivity index (χ2v) is 2.06. The van der Waals surface area contributed by atoms with Crippen molar-refractivity contribution in [2.45, 2.75) is 0 Å². The smallest absolute Gasteiger partial charge is 0.0854 e. The van der Waals surface area contributed by atoms with Gasteiger partial charge in [0, 0.05) is 5.39 Å². The van der Waals surface area contributed by atoms with E-state index >= 15 is 0 Å². The van der Waals surface area contributed by atoms with Crippen LogP contribution in [-0.4, -0.2) is 15.2 Å². The molecule has 3 N–H and O–H groups in total. The number of nitrogens with two attached hydrogens (primary N) is 1. The Labute approximate surface area is 57.1 Å². The first kappa shape index (κ1) is 5.22. The fourth-order valence-electron chi connectivity index (χ4n) is 0.886. The molecule has 0 aliphatic rings. The molecule has 0 amide bonds. The topological polar surface area (TPSA) is 67.6 Å². The molecule has 0 aliphatic carbocycles. The highest BCUT2D eigenvalue weighted by molar-refractivity contribution is 5.88. The maximum Gasteiger partial charge on any atom is 0.0854 e. The van der Waals surface area contributed by atoms with Crippen molar-refractivity contribution in [3.8, 4) is 0 Å². The van der Waals surface area contributed by atoms with Crippen LogP contribution in [0.4, 0.5) is 5.69 Å². The number of H-pyrrole nitrogens is 1. The van der Waals surface area contributed by atoms with E-state index in [0.29, 0.717) is 5.69 Å². The van der Waals surface area contributed by atoms with E-state index in [9.17, 15) is 0 Å². The first-order valence-electron chi connectivity index (χ1n) is 2.90. The third-order valence-electron chi connectivity index (χ3n) is 1.40. The summed E-state index contributed by atoms with van der Waals surface area (Å²) in [7, 11) is 0. The van der Waals surface area contributed by atoms with Gasteiger partial charge in [0.1, 0.15) is 0 Å². The van der Waals surface area contributed by atoms with Crippen LogP contribution >= 0.6 is 0 Å². The van der Waals surface area contributed by atoms with E-state index in [1.165, 1.54) is 0 Å². The standard InChI is InChI=1S/C6H6N4/c7-5-2-8-3-6-4(5)1-9-10-6/h1-3H,7H2,(H,9,10). The van der Waals surface area contributed by atoms with Gasteiger partial charge in [-0.3, -0.25) is 10.1 Å². The van der Waals surface area contributed by atoms with Crippen molar-refractivity contribution in [2.24, 2.45) is 0 Å². The normalized spacial score (nSPS) is 10.4. The Morgan fingerprint density at radius 3 is 3.00 bits per heavy atom. The Morgan fingerprint density at radius 2 is 2.20 bits per heavy atom. The second-order valence-electron chi connectivity index (χ2n) is 2.06. The number of fused-ring (bicyclic) bond motifs is 1. The zero-order chi connectivity index (χ0) is 6.97. The average Bonchev–Trinajstić information content (AvgIpc) is 2.36. The van der Waals surface area contributed by atoms with Crippen LogP contribution in [0, 0.1) is 0 Å². The molecule has 2 heterocycles. The molecule has 2 aromatic heterocycles. The number of aromatic nitrogens is 3. The third-order valence-corrected chi connectivity index (χ3v) is 1.40. The number of nitrogen functional groups attached to an aromatic ring is 1. The fourth-order valence-corrected chi connectivity index (χ4v) is 0.886. The predicted molar refractivity (Wildman–Crippen MR) is 38.3 cm³/mol. The third kappa shape index (κ3) is 0.556. The molecular formula is C6H6N4. The molecule has 0 aliphatic heterocycles. The van der Waals surface area contributed by atoms with E-state index in [2.05, 4.69) is 15.2 Å². The molecule has 10 heavy (non-hydrogen) atoms. The summed E-state index contributed by atoms with van der Waals surface area (Å²) in [5, 5.41) is 7.51. The minimum Gasteiger partial charge on any atom is -0.397 e. The molecule has 2 rings (SSSR count). The minimum atomic E-state index is 0.659. The first-order valence-corrected chi connectivity index (χ1v) is 2.90. The average molecular weight is 134 g/mol. The SMILES string of the molecule is Nc1cncc2[nH]ncc12. The molecule has 0 unspecified atom stereocenters. The molecule has 0 spiro atoms. The summed E-state index contributed by atoms with van der Waals surface area (Å²) in [6.07, 6.45) is 4.99. The van der Waals surface area contributed by atoms with Gasteiger partial charge in [0.25, 0.3) is 0 Å². The number of pyridine rings is 1. The Hall–Kier alpha value is -1.58. The van der Waals surface area contributed by atoms with E-state index in [1.54, 1.807) is 18.6 Å². The molecule has 2 aromatic rings. The maximum absolute atomic E-state index is 5.58. The van der Waals surface area contributed by atoms with Crippen molar-refractivity contribution in [3.05, 3.63) is 18.6 Å². The maximum atomic E-state index is 5.58. The van der Waals surface area contributed by atoms with Gasteiger partial charge in [-0.15, -0.1) is 0 Å². The monoisotopic (exact) mass is 134 g/mol. The van der Waals surface area contributed by atoms with Crippen molar-refractivity contribution >= 4 is 16.6 Å². The molecule has 0 radical (unpaired) electrons. The lowest BCUT2D eigenvalue weighted by Gasteiger charge is -1.90. The van der Waals surface area contributed by atoms with E-state index in [4.69, 9.17) is 5.73 Å². The van der Waals surface area contributed by atoms with Crippen LogP contribution in [0.1, 0.15) is 0 Å².